The molecule has 11 rings (SSSR count). The first-order valence-corrected chi connectivity index (χ1v) is 24.8. The van der Waals surface area contributed by atoms with Gasteiger partial charge >= 0.3 is 20.1 Å². The van der Waals surface area contributed by atoms with Gasteiger partial charge in [-0.2, -0.15) is 5.26 Å². The standard InChI is InChI=1S/C66H61N4O.Ir/c1-43(2)59-36-64(58-24-14-23-56-57-32-31-52(39-67)44(3)65(57)71-66(56)58)70-40-53(59)28-25-45-33-46(26-29-54-41-68-62(50-19-6-4-7-20-50)37-60(54)48-15-10-11-16-48)35-47(34-45)27-30-55-42-69-63(51-21-8-5-9-22-51)38-61(55)49-17-12-13-18-49;/h4-9,14,19,21,23,31-38,40-43,48-49H,10-13,15-18,25-30H2,1-3H3;/q-3;+3/i25D2,26D2,27D2,28D2,29D2,30D2;. The fourth-order valence-electron chi connectivity index (χ4n) is 10.4. The molecule has 0 aliphatic heterocycles. The molecule has 0 radical (unpaired) electrons. The minimum Gasteiger partial charge on any atom is -0.500 e. The molecule has 0 spiro atoms. The summed E-state index contributed by atoms with van der Waals surface area (Å²) in [6, 6.07) is 41.9. The van der Waals surface area contributed by atoms with Gasteiger partial charge in [0.25, 0.3) is 0 Å². The van der Waals surface area contributed by atoms with Crippen LogP contribution in [0.2, 0.25) is 0 Å². The largest absolute Gasteiger partial charge is 3.00 e. The summed E-state index contributed by atoms with van der Waals surface area (Å²) in [4.78, 5) is 14.1. The molecule has 2 saturated carbocycles. The number of hydrogen-bond acceptors (Lipinski definition) is 5. The van der Waals surface area contributed by atoms with Gasteiger partial charge in [-0.1, -0.05) is 92.9 Å². The number of aromatic nitrogens is 3. The van der Waals surface area contributed by atoms with E-state index in [-0.39, 0.29) is 48.6 Å². The van der Waals surface area contributed by atoms with Crippen LogP contribution in [0.1, 0.15) is 161 Å². The van der Waals surface area contributed by atoms with Gasteiger partial charge in [0, 0.05) is 46.0 Å². The van der Waals surface area contributed by atoms with Crippen molar-refractivity contribution in [2.45, 2.75) is 128 Å². The quantitative estimate of drug-likeness (QED) is 0.0956. The number of hydrogen-bond donors (Lipinski definition) is 0. The fourth-order valence-corrected chi connectivity index (χ4v) is 10.4. The fraction of sp³-hybridized carbons (Fsp3) is 0.303. The van der Waals surface area contributed by atoms with E-state index in [2.05, 4.69) is 34.2 Å². The third-order valence-electron chi connectivity index (χ3n) is 14.2. The smallest absolute Gasteiger partial charge is 0.500 e. The second kappa shape index (κ2) is 22.1. The van der Waals surface area contributed by atoms with Crippen molar-refractivity contribution in [2.24, 2.45) is 0 Å². The van der Waals surface area contributed by atoms with Gasteiger partial charge in [-0.05, 0) is 162 Å². The van der Waals surface area contributed by atoms with Gasteiger partial charge < -0.3 is 19.4 Å². The Kier molecular flexibility index (Phi) is 11.2. The van der Waals surface area contributed by atoms with Gasteiger partial charge in [-0.25, -0.2) is 0 Å². The maximum atomic E-state index is 9.99. The van der Waals surface area contributed by atoms with Crippen LogP contribution in [-0.4, -0.2) is 15.0 Å². The third-order valence-corrected chi connectivity index (χ3v) is 14.2. The maximum absolute atomic E-state index is 9.99. The molecule has 0 saturated heterocycles. The van der Waals surface area contributed by atoms with Crippen molar-refractivity contribution in [3.63, 3.8) is 0 Å². The van der Waals surface area contributed by atoms with Crippen molar-refractivity contribution in [3.05, 3.63) is 207 Å². The number of nitriles is 1. The van der Waals surface area contributed by atoms with E-state index in [0.717, 1.165) is 80.3 Å². The van der Waals surface area contributed by atoms with Crippen LogP contribution in [-0.2, 0) is 58.3 Å². The molecule has 72 heavy (non-hydrogen) atoms. The molecule has 360 valence electrons. The molecule has 2 fully saturated rings. The number of aryl methyl sites for hydroxylation is 7. The topological polar surface area (TPSA) is 75.6 Å². The molecule has 0 bridgehead atoms. The van der Waals surface area contributed by atoms with Gasteiger partial charge in [0.15, 0.2) is 0 Å². The molecule has 0 atom stereocenters. The van der Waals surface area contributed by atoms with E-state index >= 15 is 0 Å². The number of rotatable bonds is 15. The number of fused-ring (bicyclic) bond motifs is 3. The van der Waals surface area contributed by atoms with Gasteiger partial charge in [0.05, 0.1) is 17.2 Å². The van der Waals surface area contributed by atoms with Crippen LogP contribution in [0.15, 0.2) is 132 Å². The first-order chi connectivity index (χ1) is 39.4. The molecule has 5 aromatic carbocycles. The van der Waals surface area contributed by atoms with Gasteiger partial charge in [-0.15, -0.1) is 90.0 Å². The second-order valence-corrected chi connectivity index (χ2v) is 19.1. The zero-order chi connectivity index (χ0) is 59.0. The summed E-state index contributed by atoms with van der Waals surface area (Å²) < 4.78 is 126. The van der Waals surface area contributed by atoms with E-state index < -0.39 is 60.8 Å². The van der Waals surface area contributed by atoms with Crippen LogP contribution < -0.4 is 0 Å². The summed E-state index contributed by atoms with van der Waals surface area (Å²) in [5.41, 5.74) is 4.98. The Balaban J connectivity index is 0.00000786. The Morgan fingerprint density at radius 2 is 1.11 bits per heavy atom. The van der Waals surface area contributed by atoms with E-state index in [4.69, 9.17) is 9.40 Å². The van der Waals surface area contributed by atoms with E-state index in [1.54, 1.807) is 42.5 Å². The van der Waals surface area contributed by atoms with E-state index in [1.165, 1.54) is 18.6 Å². The number of pyridine rings is 3. The average Bonchev–Trinajstić information content (AvgIpc) is 2.65. The van der Waals surface area contributed by atoms with Crippen molar-refractivity contribution in [2.75, 3.05) is 0 Å². The third kappa shape index (κ3) is 10.4. The van der Waals surface area contributed by atoms with Crippen LogP contribution in [0.4, 0.5) is 0 Å². The maximum Gasteiger partial charge on any atom is 3.00 e. The molecule has 6 heteroatoms. The summed E-state index contributed by atoms with van der Waals surface area (Å²) in [6.45, 7) is 5.47. The first-order valence-electron chi connectivity index (χ1n) is 30.8. The molecule has 4 heterocycles. The van der Waals surface area contributed by atoms with Crippen molar-refractivity contribution < 1.29 is 41.0 Å². The molecular formula is C66H61IrN4O. The van der Waals surface area contributed by atoms with Crippen molar-refractivity contribution in [1.82, 2.24) is 15.0 Å². The summed E-state index contributed by atoms with van der Waals surface area (Å²) in [5, 5.41) is 11.3. The minimum absolute atomic E-state index is 0. The Bertz CT molecular complexity index is 3830. The summed E-state index contributed by atoms with van der Waals surface area (Å²) in [6.07, 6.45) is -7.86. The molecule has 0 unspecified atom stereocenters. The van der Waals surface area contributed by atoms with E-state index in [1.807, 2.05) is 69.3 Å². The van der Waals surface area contributed by atoms with Crippen LogP contribution in [0.25, 0.3) is 55.7 Å². The molecule has 0 N–H and O–H groups in total. The minimum atomic E-state index is -3.16. The molecule has 2 aliphatic carbocycles. The van der Waals surface area contributed by atoms with E-state index in [0.29, 0.717) is 72.8 Å². The molecular weight excluding hydrogens is 1060 g/mol. The summed E-state index contributed by atoms with van der Waals surface area (Å²) in [7, 11) is 0. The predicted molar refractivity (Wildman–Crippen MR) is 287 cm³/mol. The van der Waals surface area contributed by atoms with Crippen molar-refractivity contribution in [1.29, 1.82) is 5.26 Å². The summed E-state index contributed by atoms with van der Waals surface area (Å²) in [5.74, 6) is -0.706. The molecule has 2 aliphatic rings. The van der Waals surface area contributed by atoms with E-state index in [9.17, 15) is 21.7 Å². The van der Waals surface area contributed by atoms with Crippen molar-refractivity contribution >= 4 is 21.9 Å². The Morgan fingerprint density at radius 1 is 0.597 bits per heavy atom. The normalized spacial score (nSPS) is 17.8. The monoisotopic (exact) mass is 1130 g/mol. The average molecular weight is 1130 g/mol. The number of furan rings is 1. The van der Waals surface area contributed by atoms with Crippen LogP contribution in [0.5, 0.6) is 0 Å². The van der Waals surface area contributed by atoms with Crippen LogP contribution >= 0.6 is 0 Å². The predicted octanol–water partition coefficient (Wildman–Crippen LogP) is 16.1. The number of nitrogens with zero attached hydrogens (tertiary/aromatic N) is 4. The zero-order valence-electron chi connectivity index (χ0n) is 52.5. The molecule has 0 amide bonds. The van der Waals surface area contributed by atoms with Gasteiger partial charge in [0.2, 0.25) is 0 Å². The second-order valence-electron chi connectivity index (χ2n) is 19.1. The molecule has 9 aromatic rings. The Hall–Kier alpha value is -6.51. The van der Waals surface area contributed by atoms with Gasteiger partial charge in [0.1, 0.15) is 5.58 Å². The summed E-state index contributed by atoms with van der Waals surface area (Å²) >= 11 is 0. The first kappa shape index (κ1) is 36.4. The molecule has 4 aromatic heterocycles. The Labute approximate surface area is 456 Å². The van der Waals surface area contributed by atoms with Crippen LogP contribution in [0, 0.1) is 36.5 Å². The SMILES string of the molecule is [2H]C([2H])(c1cc(C([2H])([2H])C([2H])([2H])c2cnc(-c3[c-]cccc3)cc2C2CCCC2)cc(C([2H])([2H])C([2H])([2H])c2cnc(-c3[c-]cccc3)cc2C2CCCC2)c1)C([2H])([2H])c1cnc(-c2[c-]ccc3c2oc2c(C)c(C#N)ccc23)cc1C(C)C.[Ir+3]. The van der Waals surface area contributed by atoms with Gasteiger partial charge in [-0.3, -0.25) is 0 Å². The Morgan fingerprint density at radius 3 is 1.62 bits per heavy atom. The zero-order valence-corrected chi connectivity index (χ0v) is 42.9. The van der Waals surface area contributed by atoms with Crippen molar-refractivity contribution in [3.8, 4) is 39.8 Å². The number of benzene rings is 5. The molecule has 5 nitrogen and oxygen atoms in total. The van der Waals surface area contributed by atoms with Crippen LogP contribution in [0.3, 0.4) is 0 Å².